The smallest absolute Gasteiger partial charge is 0.197 e. The van der Waals surface area contributed by atoms with Gasteiger partial charge in [0.25, 0.3) is 0 Å². The van der Waals surface area contributed by atoms with Crippen LogP contribution in [0.5, 0.6) is 0 Å². The molecule has 15 heavy (non-hydrogen) atoms. The summed E-state index contributed by atoms with van der Waals surface area (Å²) in [4.78, 5) is 4.30. The van der Waals surface area contributed by atoms with Crippen LogP contribution in [0.3, 0.4) is 0 Å². The molecule has 1 fully saturated rings. The first-order chi connectivity index (χ1) is 7.09. The van der Waals surface area contributed by atoms with E-state index in [4.69, 9.17) is 4.42 Å². The van der Waals surface area contributed by atoms with E-state index in [0.29, 0.717) is 18.9 Å². The van der Waals surface area contributed by atoms with Gasteiger partial charge in [-0.15, -0.1) is 0 Å². The summed E-state index contributed by atoms with van der Waals surface area (Å²) in [5.41, 5.74) is 0.236. The number of aliphatic hydroxyl groups is 1. The van der Waals surface area contributed by atoms with Crippen molar-refractivity contribution < 1.29 is 9.52 Å². The second-order valence-electron chi connectivity index (χ2n) is 4.43. The average molecular weight is 210 g/mol. The molecule has 4 heteroatoms. The highest BCUT2D eigenvalue weighted by molar-refractivity contribution is 5.07. The van der Waals surface area contributed by atoms with Crippen LogP contribution in [-0.4, -0.2) is 28.8 Å². The highest BCUT2D eigenvalue weighted by Crippen LogP contribution is 2.22. The molecular weight excluding hydrogens is 192 g/mol. The van der Waals surface area contributed by atoms with Crippen molar-refractivity contribution in [3.05, 3.63) is 17.3 Å². The molecule has 84 valence electrons. The number of hydrogen-bond acceptors (Lipinski definition) is 4. The minimum atomic E-state index is -0.679. The molecule has 2 heterocycles. The van der Waals surface area contributed by atoms with Gasteiger partial charge in [-0.3, -0.25) is 0 Å². The Bertz CT molecular complexity index is 321. The van der Waals surface area contributed by atoms with Gasteiger partial charge >= 0.3 is 0 Å². The predicted molar refractivity (Wildman–Crippen MR) is 56.7 cm³/mol. The van der Waals surface area contributed by atoms with Crippen LogP contribution < -0.4 is 5.32 Å². The lowest BCUT2D eigenvalue weighted by Gasteiger charge is -2.31. The molecule has 0 saturated carbocycles. The minimum absolute atomic E-state index is 0.509. The standard InChI is InChI=1S/C11H18N2O2/c1-8-9(2)15-10(13-8)6-11(14)4-3-5-12-7-11/h12,14H,3-7H2,1-2H3. The summed E-state index contributed by atoms with van der Waals surface area (Å²) >= 11 is 0. The number of piperidine rings is 1. The number of oxazole rings is 1. The predicted octanol–water partition coefficient (Wildman–Crippen LogP) is 0.948. The molecule has 0 bridgehead atoms. The first-order valence-electron chi connectivity index (χ1n) is 5.45. The van der Waals surface area contributed by atoms with E-state index in [1.54, 1.807) is 0 Å². The fourth-order valence-corrected chi connectivity index (χ4v) is 2.00. The topological polar surface area (TPSA) is 58.3 Å². The largest absolute Gasteiger partial charge is 0.446 e. The zero-order chi connectivity index (χ0) is 10.9. The Morgan fingerprint density at radius 2 is 2.33 bits per heavy atom. The van der Waals surface area contributed by atoms with Gasteiger partial charge in [-0.1, -0.05) is 0 Å². The molecule has 0 radical (unpaired) electrons. The molecule has 2 N–H and O–H groups in total. The molecular formula is C11H18N2O2. The van der Waals surface area contributed by atoms with Crippen LogP contribution >= 0.6 is 0 Å². The molecule has 1 unspecified atom stereocenters. The summed E-state index contributed by atoms with van der Waals surface area (Å²) in [7, 11) is 0. The van der Waals surface area contributed by atoms with Crippen molar-refractivity contribution in [3.8, 4) is 0 Å². The molecule has 1 atom stereocenters. The SMILES string of the molecule is Cc1nc(CC2(O)CCCNC2)oc1C. The molecule has 1 aromatic heterocycles. The maximum atomic E-state index is 10.3. The van der Waals surface area contributed by atoms with E-state index in [1.807, 2.05) is 13.8 Å². The van der Waals surface area contributed by atoms with Crippen LogP contribution in [0, 0.1) is 13.8 Å². The maximum absolute atomic E-state index is 10.3. The van der Waals surface area contributed by atoms with Crippen LogP contribution in [0.4, 0.5) is 0 Å². The summed E-state index contributed by atoms with van der Waals surface area (Å²) in [6, 6.07) is 0. The zero-order valence-electron chi connectivity index (χ0n) is 9.34. The minimum Gasteiger partial charge on any atom is -0.446 e. The number of hydrogen-bond donors (Lipinski definition) is 2. The van der Waals surface area contributed by atoms with E-state index < -0.39 is 5.60 Å². The lowest BCUT2D eigenvalue weighted by atomic mass is 9.91. The first-order valence-corrected chi connectivity index (χ1v) is 5.45. The number of β-amino-alcohol motifs (C(OH)–C–C–N with tert-alkyl or cyclic N) is 1. The van der Waals surface area contributed by atoms with Gasteiger partial charge in [0, 0.05) is 6.54 Å². The Balaban J connectivity index is 2.06. The van der Waals surface area contributed by atoms with Crippen LogP contribution in [0.2, 0.25) is 0 Å². The third-order valence-electron chi connectivity index (χ3n) is 3.00. The summed E-state index contributed by atoms with van der Waals surface area (Å²) in [6.45, 7) is 5.44. The van der Waals surface area contributed by atoms with Gasteiger partial charge in [0.1, 0.15) is 5.76 Å². The number of nitrogens with one attached hydrogen (secondary N) is 1. The van der Waals surface area contributed by atoms with Crippen LogP contribution in [0.1, 0.15) is 30.2 Å². The van der Waals surface area contributed by atoms with Gasteiger partial charge in [-0.2, -0.15) is 0 Å². The normalized spacial score (nSPS) is 26.9. The van der Waals surface area contributed by atoms with E-state index in [0.717, 1.165) is 30.8 Å². The molecule has 1 aromatic rings. The lowest BCUT2D eigenvalue weighted by Crippen LogP contribution is -2.47. The fourth-order valence-electron chi connectivity index (χ4n) is 2.00. The van der Waals surface area contributed by atoms with Gasteiger partial charge in [-0.25, -0.2) is 4.98 Å². The molecule has 0 aromatic carbocycles. The number of aryl methyl sites for hydroxylation is 2. The Labute approximate surface area is 89.7 Å². The second kappa shape index (κ2) is 3.94. The van der Waals surface area contributed by atoms with Crippen molar-refractivity contribution in [1.82, 2.24) is 10.3 Å². The zero-order valence-corrected chi connectivity index (χ0v) is 9.34. The molecule has 1 saturated heterocycles. The maximum Gasteiger partial charge on any atom is 0.197 e. The Hall–Kier alpha value is -0.870. The molecule has 0 aliphatic carbocycles. The van der Waals surface area contributed by atoms with Crippen molar-refractivity contribution in [1.29, 1.82) is 0 Å². The molecule has 0 amide bonds. The quantitative estimate of drug-likeness (QED) is 0.763. The van der Waals surface area contributed by atoms with Crippen molar-refractivity contribution in [2.24, 2.45) is 0 Å². The van der Waals surface area contributed by atoms with Crippen LogP contribution in [0.25, 0.3) is 0 Å². The van der Waals surface area contributed by atoms with Crippen LogP contribution in [0.15, 0.2) is 4.42 Å². The van der Waals surface area contributed by atoms with E-state index in [1.165, 1.54) is 0 Å². The highest BCUT2D eigenvalue weighted by atomic mass is 16.4. The number of nitrogens with zero attached hydrogens (tertiary/aromatic N) is 1. The van der Waals surface area contributed by atoms with Crippen molar-refractivity contribution in [3.63, 3.8) is 0 Å². The summed E-state index contributed by atoms with van der Waals surface area (Å²) in [5, 5.41) is 13.5. The second-order valence-corrected chi connectivity index (χ2v) is 4.43. The fraction of sp³-hybridized carbons (Fsp3) is 0.727. The van der Waals surface area contributed by atoms with E-state index >= 15 is 0 Å². The van der Waals surface area contributed by atoms with E-state index in [9.17, 15) is 5.11 Å². The van der Waals surface area contributed by atoms with Gasteiger partial charge in [-0.05, 0) is 33.2 Å². The number of aromatic nitrogens is 1. The Kier molecular flexibility index (Phi) is 2.80. The molecule has 1 aliphatic heterocycles. The van der Waals surface area contributed by atoms with E-state index in [-0.39, 0.29) is 0 Å². The molecule has 1 aliphatic rings. The Morgan fingerprint density at radius 3 is 2.87 bits per heavy atom. The summed E-state index contributed by atoms with van der Waals surface area (Å²) in [6.07, 6.45) is 2.34. The van der Waals surface area contributed by atoms with E-state index in [2.05, 4.69) is 10.3 Å². The van der Waals surface area contributed by atoms with Gasteiger partial charge in [0.15, 0.2) is 5.89 Å². The third kappa shape index (κ3) is 2.38. The van der Waals surface area contributed by atoms with Gasteiger partial charge in [0.05, 0.1) is 17.7 Å². The first kappa shape index (κ1) is 10.6. The Morgan fingerprint density at radius 1 is 1.53 bits per heavy atom. The highest BCUT2D eigenvalue weighted by Gasteiger charge is 2.31. The number of rotatable bonds is 2. The van der Waals surface area contributed by atoms with Crippen molar-refractivity contribution >= 4 is 0 Å². The van der Waals surface area contributed by atoms with Crippen molar-refractivity contribution in [2.45, 2.75) is 38.7 Å². The monoisotopic (exact) mass is 210 g/mol. The summed E-state index contributed by atoms with van der Waals surface area (Å²) in [5.74, 6) is 1.49. The molecule has 0 spiro atoms. The third-order valence-corrected chi connectivity index (χ3v) is 3.00. The molecule has 4 nitrogen and oxygen atoms in total. The van der Waals surface area contributed by atoms with Crippen LogP contribution in [-0.2, 0) is 6.42 Å². The average Bonchev–Trinajstić information content (AvgIpc) is 2.46. The molecule has 2 rings (SSSR count). The summed E-state index contributed by atoms with van der Waals surface area (Å²) < 4.78 is 5.48. The van der Waals surface area contributed by atoms with Gasteiger partial charge in [0.2, 0.25) is 0 Å². The van der Waals surface area contributed by atoms with Crippen molar-refractivity contribution in [2.75, 3.05) is 13.1 Å². The lowest BCUT2D eigenvalue weighted by molar-refractivity contribution is 0.0114. The van der Waals surface area contributed by atoms with Gasteiger partial charge < -0.3 is 14.8 Å².